The number of fused-ring (bicyclic) bond motifs is 3. The van der Waals surface area contributed by atoms with E-state index >= 15 is 0 Å². The van der Waals surface area contributed by atoms with Gasteiger partial charge in [0.25, 0.3) is 11.5 Å². The van der Waals surface area contributed by atoms with E-state index in [9.17, 15) is 19.5 Å². The highest BCUT2D eigenvalue weighted by Gasteiger charge is 2.38. The molecule has 0 saturated carbocycles. The predicted molar refractivity (Wildman–Crippen MR) is 275 cm³/mol. The molecule has 5 aromatic heterocycles. The van der Waals surface area contributed by atoms with Crippen LogP contribution >= 0.6 is 0 Å². The maximum atomic E-state index is 14.1. The first kappa shape index (κ1) is 47.1. The summed E-state index contributed by atoms with van der Waals surface area (Å²) in [5.74, 6) is 1.26. The van der Waals surface area contributed by atoms with Crippen molar-refractivity contribution < 1.29 is 19.4 Å². The van der Waals surface area contributed by atoms with Crippen molar-refractivity contribution in [3.8, 4) is 11.1 Å². The molecule has 70 heavy (non-hydrogen) atoms. The van der Waals surface area contributed by atoms with Crippen LogP contribution in [0.25, 0.3) is 11.1 Å². The van der Waals surface area contributed by atoms with Gasteiger partial charge in [-0.05, 0) is 93.3 Å². The zero-order valence-corrected chi connectivity index (χ0v) is 41.3. The number of ether oxygens (including phenoxy) is 1. The van der Waals surface area contributed by atoms with E-state index in [0.717, 1.165) is 76.5 Å². The molecular weight excluding hydrogens is 885 g/mol. The minimum absolute atomic E-state index is 0.120. The van der Waals surface area contributed by atoms with Crippen LogP contribution in [0.4, 0.5) is 40.2 Å². The lowest BCUT2D eigenvalue weighted by molar-refractivity contribution is -0.111. The fourth-order valence-electron chi connectivity index (χ4n) is 11.7. The Labute approximate surface area is 409 Å². The number of nitrogens with one attached hydrogen (secondary N) is 2. The van der Waals surface area contributed by atoms with Crippen molar-refractivity contribution in [1.82, 2.24) is 29.0 Å². The summed E-state index contributed by atoms with van der Waals surface area (Å²) in [6.45, 7) is 21.3. The van der Waals surface area contributed by atoms with Crippen molar-refractivity contribution in [2.45, 2.75) is 97.6 Å². The second-order valence-corrected chi connectivity index (χ2v) is 20.7. The highest BCUT2D eigenvalue weighted by atomic mass is 16.5. The predicted octanol–water partition coefficient (Wildman–Crippen LogP) is 5.98. The van der Waals surface area contributed by atoms with Crippen molar-refractivity contribution >= 4 is 52.0 Å². The fourth-order valence-corrected chi connectivity index (χ4v) is 11.7. The number of aliphatic hydroxyl groups excluding tert-OH is 1. The summed E-state index contributed by atoms with van der Waals surface area (Å²) in [5, 5.41) is 17.1. The first-order valence-electron chi connectivity index (χ1n) is 24.8. The van der Waals surface area contributed by atoms with Crippen LogP contribution in [0.2, 0.25) is 0 Å². The molecular formula is C53H66N12O5. The van der Waals surface area contributed by atoms with Crippen LogP contribution in [0.3, 0.4) is 0 Å². The monoisotopic (exact) mass is 951 g/mol. The summed E-state index contributed by atoms with van der Waals surface area (Å²) in [4.78, 5) is 66.4. The van der Waals surface area contributed by atoms with Gasteiger partial charge in [-0.25, -0.2) is 15.0 Å². The number of piperazine rings is 1. The number of carbonyl (C=O) groups is 2. The minimum atomic E-state index is -0.372. The third kappa shape index (κ3) is 8.94. The SMILES string of the molecule is C=CC(=O)Nc1cc(Nc2cc(-c3ccnc(N4CCn5c(cc6c5CC(C)(C)C6)C4=O)c3CO)cn(C)c2=O)ncc1N1CCN(C2CCN(c3ccnc(N4CCOC[C@@H]4C)c3)[C@H](C)C2)C[C@@H]1C. The topological polar surface area (TPSA) is 169 Å². The zero-order chi connectivity index (χ0) is 49.0. The lowest BCUT2D eigenvalue weighted by Crippen LogP contribution is -2.58. The van der Waals surface area contributed by atoms with Crippen molar-refractivity contribution in [2.75, 3.05) is 82.7 Å². The summed E-state index contributed by atoms with van der Waals surface area (Å²) in [6, 6.07) is 12.9. The Balaban J connectivity index is 0.844. The highest BCUT2D eigenvalue weighted by molar-refractivity contribution is 6.06. The molecule has 3 fully saturated rings. The molecule has 9 heterocycles. The number of hydrogen-bond acceptors (Lipinski definition) is 13. The molecule has 0 spiro atoms. The van der Waals surface area contributed by atoms with Crippen LogP contribution in [-0.2, 0) is 42.6 Å². The van der Waals surface area contributed by atoms with Crippen LogP contribution in [0, 0.1) is 5.41 Å². The Morgan fingerprint density at radius 1 is 0.914 bits per heavy atom. The standard InChI is InChI=1S/C53H66N12O5/c1-8-49(67)58-42-25-47(56-28-46(42)62-16-15-60(29-34(62)3)38-11-14-61(33(2)21-38)39-9-12-54-48(24-39)63-19-20-70-32-35(63)4)57-43-22-37(30-59(7)51(43)68)40-10-13-55-50(41(40)31-66)65-18-17-64-44(52(65)69)23-36-26-53(5,6)27-45(36)64/h8-10,12-13,22-25,28,30,33-35,38,66H,1,11,14-21,26-27,29,31-32H2,2-7H3,(H2,56,57,58,67)/t33-,34+,35+,38?/m1/s1. The van der Waals surface area contributed by atoms with Crippen molar-refractivity contribution in [3.05, 3.63) is 107 Å². The quantitative estimate of drug-likeness (QED) is 0.133. The molecule has 368 valence electrons. The number of amides is 2. The number of hydrogen-bond donors (Lipinski definition) is 3. The molecule has 2 amide bonds. The molecule has 1 unspecified atom stereocenters. The number of piperidine rings is 1. The van der Waals surface area contributed by atoms with Gasteiger partial charge >= 0.3 is 0 Å². The Bertz CT molecular complexity index is 2890. The molecule has 5 aromatic rings. The smallest absolute Gasteiger partial charge is 0.276 e. The first-order valence-corrected chi connectivity index (χ1v) is 24.8. The van der Waals surface area contributed by atoms with Crippen LogP contribution in [-0.4, -0.2) is 123 Å². The zero-order valence-electron chi connectivity index (χ0n) is 41.3. The van der Waals surface area contributed by atoms with E-state index in [0.29, 0.717) is 77.5 Å². The number of aromatic nitrogens is 5. The van der Waals surface area contributed by atoms with Gasteiger partial charge in [0.05, 0.1) is 43.4 Å². The molecule has 10 rings (SSSR count). The fraction of sp³-hybridized carbons (Fsp3) is 0.472. The number of nitrogens with zero attached hydrogens (tertiary/aromatic N) is 10. The number of pyridine rings is 4. The van der Waals surface area contributed by atoms with Gasteiger partial charge in [-0.3, -0.25) is 24.2 Å². The summed E-state index contributed by atoms with van der Waals surface area (Å²) in [5.41, 5.74) is 7.54. The Hall–Kier alpha value is -6.56. The van der Waals surface area contributed by atoms with E-state index in [1.54, 1.807) is 48.7 Å². The van der Waals surface area contributed by atoms with Gasteiger partial charge in [0.15, 0.2) is 0 Å². The molecule has 17 heteroatoms. The van der Waals surface area contributed by atoms with Crippen LogP contribution in [0.5, 0.6) is 0 Å². The largest absolute Gasteiger partial charge is 0.392 e. The van der Waals surface area contributed by atoms with E-state index in [-0.39, 0.29) is 41.1 Å². The van der Waals surface area contributed by atoms with E-state index in [4.69, 9.17) is 14.7 Å². The van der Waals surface area contributed by atoms with Gasteiger partial charge in [0.2, 0.25) is 5.91 Å². The first-order chi connectivity index (χ1) is 33.7. The molecule has 4 atom stereocenters. The third-order valence-electron chi connectivity index (χ3n) is 15.2. The third-order valence-corrected chi connectivity index (χ3v) is 15.2. The number of carbonyl (C=O) groups excluding carboxylic acids is 2. The van der Waals surface area contributed by atoms with Crippen molar-refractivity contribution in [3.63, 3.8) is 0 Å². The summed E-state index contributed by atoms with van der Waals surface area (Å²) >= 11 is 0. The lowest BCUT2D eigenvalue weighted by atomic mass is 9.90. The maximum Gasteiger partial charge on any atom is 0.276 e. The average molecular weight is 951 g/mol. The van der Waals surface area contributed by atoms with E-state index < -0.39 is 0 Å². The van der Waals surface area contributed by atoms with E-state index in [1.807, 2.05) is 12.3 Å². The molecule has 5 aliphatic rings. The molecule has 0 radical (unpaired) electrons. The second-order valence-electron chi connectivity index (χ2n) is 20.7. The Morgan fingerprint density at radius 3 is 2.51 bits per heavy atom. The summed E-state index contributed by atoms with van der Waals surface area (Å²) in [6.07, 6.45) is 12.3. The Morgan fingerprint density at radius 2 is 1.74 bits per heavy atom. The van der Waals surface area contributed by atoms with Gasteiger partial charge in [0, 0.05) is 124 Å². The summed E-state index contributed by atoms with van der Waals surface area (Å²) in [7, 11) is 1.67. The van der Waals surface area contributed by atoms with E-state index in [2.05, 4.69) is 93.1 Å². The van der Waals surface area contributed by atoms with Crippen LogP contribution < -0.4 is 35.8 Å². The minimum Gasteiger partial charge on any atom is -0.392 e. The molecule has 0 bridgehead atoms. The number of aliphatic hydroxyl groups is 1. The highest BCUT2D eigenvalue weighted by Crippen LogP contribution is 2.41. The molecule has 3 N–H and O–H groups in total. The second kappa shape index (κ2) is 19.0. The van der Waals surface area contributed by atoms with Gasteiger partial charge < -0.3 is 44.3 Å². The van der Waals surface area contributed by atoms with Crippen LogP contribution in [0.15, 0.2) is 78.6 Å². The average Bonchev–Trinajstić information content (AvgIpc) is 3.85. The lowest BCUT2D eigenvalue weighted by Gasteiger charge is -2.48. The van der Waals surface area contributed by atoms with Gasteiger partial charge in [-0.2, -0.15) is 0 Å². The van der Waals surface area contributed by atoms with Gasteiger partial charge in [-0.1, -0.05) is 20.4 Å². The van der Waals surface area contributed by atoms with Gasteiger partial charge in [0.1, 0.15) is 28.8 Å². The maximum absolute atomic E-state index is 14.1. The number of rotatable bonds is 11. The number of anilines is 7. The molecule has 17 nitrogen and oxygen atoms in total. The molecule has 3 saturated heterocycles. The number of morpholine rings is 1. The molecule has 0 aromatic carbocycles. The van der Waals surface area contributed by atoms with Crippen molar-refractivity contribution in [1.29, 1.82) is 0 Å². The van der Waals surface area contributed by atoms with Gasteiger partial charge in [-0.15, -0.1) is 0 Å². The molecule has 4 aliphatic heterocycles. The number of aryl methyl sites for hydroxylation is 1. The van der Waals surface area contributed by atoms with Crippen LogP contribution in [0.1, 0.15) is 74.8 Å². The molecule has 1 aliphatic carbocycles. The Kier molecular flexibility index (Phi) is 12.8. The van der Waals surface area contributed by atoms with Crippen molar-refractivity contribution in [2.24, 2.45) is 12.5 Å². The normalized spacial score (nSPS) is 22.5. The van der Waals surface area contributed by atoms with E-state index in [1.165, 1.54) is 27.6 Å². The summed E-state index contributed by atoms with van der Waals surface area (Å²) < 4.78 is 9.31.